The Kier molecular flexibility index (Phi) is 5.66. The first kappa shape index (κ1) is 14.0. The minimum absolute atomic E-state index is 0.584. The molecule has 0 fully saturated rings. The Labute approximate surface area is 106 Å². The van der Waals surface area contributed by atoms with E-state index in [9.17, 15) is 4.79 Å². The van der Waals surface area contributed by atoms with Gasteiger partial charge in [0.1, 0.15) is 12.4 Å². The lowest BCUT2D eigenvalue weighted by Gasteiger charge is -2.12. The van der Waals surface area contributed by atoms with E-state index in [-0.39, 0.29) is 0 Å². The van der Waals surface area contributed by atoms with Crippen LogP contribution in [-0.2, 0) is 0 Å². The second-order valence-electron chi connectivity index (χ2n) is 3.92. The summed E-state index contributed by atoms with van der Waals surface area (Å²) in [5.41, 5.74) is 7.83. The first-order valence-electron chi connectivity index (χ1n) is 5.54. The second-order valence-corrected chi connectivity index (χ2v) is 3.92. The van der Waals surface area contributed by atoms with Gasteiger partial charge in [0.05, 0.1) is 6.21 Å². The van der Waals surface area contributed by atoms with Gasteiger partial charge in [-0.25, -0.2) is 10.2 Å². The summed E-state index contributed by atoms with van der Waals surface area (Å²) in [6, 6.07) is 6.74. The highest BCUT2D eigenvalue weighted by atomic mass is 16.5. The maximum Gasteiger partial charge on any atom is 0.332 e. The van der Waals surface area contributed by atoms with Crippen LogP contribution in [0.4, 0.5) is 4.79 Å². The predicted molar refractivity (Wildman–Crippen MR) is 70.8 cm³/mol. The van der Waals surface area contributed by atoms with Gasteiger partial charge in [0.25, 0.3) is 0 Å². The van der Waals surface area contributed by atoms with Crippen LogP contribution in [0, 0.1) is 0 Å². The third-order valence-electron chi connectivity index (χ3n) is 2.09. The summed E-state index contributed by atoms with van der Waals surface area (Å²) in [5, 5.41) is 3.71. The quantitative estimate of drug-likeness (QED) is 0.574. The number of urea groups is 1. The van der Waals surface area contributed by atoms with Crippen molar-refractivity contribution in [3.8, 4) is 5.75 Å². The van der Waals surface area contributed by atoms with Gasteiger partial charge in [-0.1, -0.05) is 12.1 Å². The van der Waals surface area contributed by atoms with Crippen LogP contribution < -0.4 is 15.9 Å². The van der Waals surface area contributed by atoms with E-state index in [0.717, 1.165) is 17.9 Å². The van der Waals surface area contributed by atoms with E-state index in [0.29, 0.717) is 6.61 Å². The number of carbonyl (C=O) groups is 1. The average molecular weight is 250 g/mol. The van der Waals surface area contributed by atoms with E-state index in [1.807, 2.05) is 43.3 Å². The molecule has 98 valence electrons. The van der Waals surface area contributed by atoms with Gasteiger partial charge in [0.15, 0.2) is 0 Å². The third kappa shape index (κ3) is 5.31. The van der Waals surface area contributed by atoms with Crippen LogP contribution in [0.25, 0.3) is 0 Å². The second kappa shape index (κ2) is 7.29. The molecular formula is C12H18N4O2. The molecule has 0 aromatic heterocycles. The number of nitrogens with zero attached hydrogens (tertiary/aromatic N) is 2. The Hall–Kier alpha value is -2.08. The number of nitrogens with two attached hydrogens (primary N) is 1. The number of nitrogens with one attached hydrogen (secondary N) is 1. The standard InChI is InChI=1S/C12H18N4O2/c1-16(2)7-8-18-11-6-4-3-5-10(11)9-14-15-12(13)17/h3-6,9H,7-8H2,1-2H3,(H3,13,15,17). The monoisotopic (exact) mass is 250 g/mol. The molecule has 1 rings (SSSR count). The molecular weight excluding hydrogens is 232 g/mol. The van der Waals surface area contributed by atoms with Crippen molar-refractivity contribution in [3.05, 3.63) is 29.8 Å². The van der Waals surface area contributed by atoms with Gasteiger partial charge in [-0.15, -0.1) is 0 Å². The molecule has 0 aliphatic carbocycles. The summed E-state index contributed by atoms with van der Waals surface area (Å²) in [6.45, 7) is 1.41. The number of ether oxygens (including phenoxy) is 1. The Morgan fingerprint density at radius 2 is 2.22 bits per heavy atom. The highest BCUT2D eigenvalue weighted by Gasteiger charge is 2.00. The number of primary amides is 1. The number of para-hydroxylation sites is 1. The fourth-order valence-corrected chi connectivity index (χ4v) is 1.22. The number of amides is 2. The predicted octanol–water partition coefficient (Wildman–Crippen LogP) is 0.629. The number of likely N-dealkylation sites (N-methyl/N-ethyl adjacent to an activating group) is 1. The molecule has 0 aliphatic heterocycles. The lowest BCUT2D eigenvalue weighted by atomic mass is 10.2. The zero-order valence-corrected chi connectivity index (χ0v) is 10.6. The Balaban J connectivity index is 2.61. The molecule has 0 atom stereocenters. The molecule has 0 bridgehead atoms. The summed E-state index contributed by atoms with van der Waals surface area (Å²) in [6.07, 6.45) is 1.50. The summed E-state index contributed by atoms with van der Waals surface area (Å²) >= 11 is 0. The van der Waals surface area contributed by atoms with Gasteiger partial charge in [0, 0.05) is 12.1 Å². The number of rotatable bonds is 6. The summed E-state index contributed by atoms with van der Waals surface area (Å²) in [5.74, 6) is 0.717. The topological polar surface area (TPSA) is 79.9 Å². The molecule has 0 radical (unpaired) electrons. The van der Waals surface area contributed by atoms with Crippen LogP contribution in [0.2, 0.25) is 0 Å². The first-order chi connectivity index (χ1) is 8.59. The Morgan fingerprint density at radius 3 is 2.89 bits per heavy atom. The van der Waals surface area contributed by atoms with Crippen LogP contribution in [0.1, 0.15) is 5.56 Å². The molecule has 18 heavy (non-hydrogen) atoms. The fraction of sp³-hybridized carbons (Fsp3) is 0.333. The molecule has 1 aromatic carbocycles. The highest BCUT2D eigenvalue weighted by Crippen LogP contribution is 2.15. The normalized spacial score (nSPS) is 10.8. The van der Waals surface area contributed by atoms with E-state index >= 15 is 0 Å². The molecule has 1 aromatic rings. The van der Waals surface area contributed by atoms with Gasteiger partial charge >= 0.3 is 6.03 Å². The highest BCUT2D eigenvalue weighted by molar-refractivity contribution is 5.84. The fourth-order valence-electron chi connectivity index (χ4n) is 1.22. The summed E-state index contributed by atoms with van der Waals surface area (Å²) in [7, 11) is 3.96. The molecule has 0 unspecified atom stereocenters. The molecule has 0 saturated heterocycles. The molecule has 6 nitrogen and oxygen atoms in total. The third-order valence-corrected chi connectivity index (χ3v) is 2.09. The maximum absolute atomic E-state index is 10.5. The molecule has 0 heterocycles. The van der Waals surface area contributed by atoms with Gasteiger partial charge in [-0.3, -0.25) is 0 Å². The smallest absolute Gasteiger partial charge is 0.332 e. The lowest BCUT2D eigenvalue weighted by Crippen LogP contribution is -2.24. The number of hydrogen-bond acceptors (Lipinski definition) is 4. The molecule has 0 aliphatic rings. The van der Waals surface area contributed by atoms with Gasteiger partial charge in [-0.2, -0.15) is 5.10 Å². The van der Waals surface area contributed by atoms with Crippen LogP contribution in [0.5, 0.6) is 5.75 Å². The van der Waals surface area contributed by atoms with Crippen LogP contribution >= 0.6 is 0 Å². The molecule has 3 N–H and O–H groups in total. The van der Waals surface area contributed by atoms with Crippen molar-refractivity contribution in [2.45, 2.75) is 0 Å². The zero-order valence-electron chi connectivity index (χ0n) is 10.6. The number of hydrogen-bond donors (Lipinski definition) is 2. The number of hydrazone groups is 1. The van der Waals surface area contributed by atoms with E-state index in [1.165, 1.54) is 6.21 Å². The Bertz CT molecular complexity index is 418. The Morgan fingerprint density at radius 1 is 1.50 bits per heavy atom. The van der Waals surface area contributed by atoms with E-state index in [2.05, 4.69) is 10.5 Å². The van der Waals surface area contributed by atoms with Crippen molar-refractivity contribution in [2.24, 2.45) is 10.8 Å². The number of carbonyl (C=O) groups excluding carboxylic acids is 1. The minimum Gasteiger partial charge on any atom is -0.492 e. The van der Waals surface area contributed by atoms with Gasteiger partial charge in [0.2, 0.25) is 0 Å². The number of benzene rings is 1. The summed E-state index contributed by atoms with van der Waals surface area (Å²) < 4.78 is 5.63. The summed E-state index contributed by atoms with van der Waals surface area (Å²) in [4.78, 5) is 12.5. The van der Waals surface area contributed by atoms with Crippen LogP contribution in [-0.4, -0.2) is 44.4 Å². The van der Waals surface area contributed by atoms with Crippen molar-refractivity contribution in [3.63, 3.8) is 0 Å². The average Bonchev–Trinajstić information content (AvgIpc) is 2.30. The van der Waals surface area contributed by atoms with Crippen molar-refractivity contribution in [1.82, 2.24) is 10.3 Å². The largest absolute Gasteiger partial charge is 0.492 e. The first-order valence-corrected chi connectivity index (χ1v) is 5.54. The zero-order chi connectivity index (χ0) is 13.4. The molecule has 2 amide bonds. The van der Waals surface area contributed by atoms with E-state index in [4.69, 9.17) is 10.5 Å². The van der Waals surface area contributed by atoms with Gasteiger partial charge < -0.3 is 15.4 Å². The molecule has 0 spiro atoms. The van der Waals surface area contributed by atoms with Crippen molar-refractivity contribution in [1.29, 1.82) is 0 Å². The SMILES string of the molecule is CN(C)CCOc1ccccc1C=NNC(N)=O. The maximum atomic E-state index is 10.5. The van der Waals surface area contributed by atoms with E-state index in [1.54, 1.807) is 0 Å². The van der Waals surface area contributed by atoms with E-state index < -0.39 is 6.03 Å². The van der Waals surface area contributed by atoms with Crippen molar-refractivity contribution < 1.29 is 9.53 Å². The van der Waals surface area contributed by atoms with Gasteiger partial charge in [-0.05, 0) is 26.2 Å². The van der Waals surface area contributed by atoms with Crippen LogP contribution in [0.15, 0.2) is 29.4 Å². The minimum atomic E-state index is -0.697. The van der Waals surface area contributed by atoms with Crippen molar-refractivity contribution in [2.75, 3.05) is 27.2 Å². The molecule has 6 heteroatoms. The van der Waals surface area contributed by atoms with Crippen molar-refractivity contribution >= 4 is 12.2 Å². The lowest BCUT2D eigenvalue weighted by molar-refractivity contribution is 0.249. The molecule has 0 saturated carbocycles. The van der Waals surface area contributed by atoms with Crippen LogP contribution in [0.3, 0.4) is 0 Å².